The van der Waals surface area contributed by atoms with Crippen molar-refractivity contribution in [1.82, 2.24) is 4.98 Å². The Balaban J connectivity index is 1.86. The number of carbonyl (C=O) groups excluding carboxylic acids is 1. The Kier molecular flexibility index (Phi) is 5.21. The van der Waals surface area contributed by atoms with Gasteiger partial charge in [0.2, 0.25) is 5.78 Å². The van der Waals surface area contributed by atoms with Crippen molar-refractivity contribution in [2.75, 3.05) is 24.3 Å². The third kappa shape index (κ3) is 3.91. The van der Waals surface area contributed by atoms with Crippen LogP contribution in [0.4, 0.5) is 5.13 Å². The molecule has 1 saturated heterocycles. The number of sulfone groups is 1. The molecule has 0 spiro atoms. The van der Waals surface area contributed by atoms with Gasteiger partial charge in [0.25, 0.3) is 0 Å². The summed E-state index contributed by atoms with van der Waals surface area (Å²) in [5, 5.41) is 10.3. The zero-order valence-corrected chi connectivity index (χ0v) is 15.5. The van der Waals surface area contributed by atoms with Crippen molar-refractivity contribution in [2.45, 2.75) is 30.2 Å². The minimum atomic E-state index is -3.36. The van der Waals surface area contributed by atoms with Gasteiger partial charge in [-0.15, -0.1) is 0 Å². The summed E-state index contributed by atoms with van der Waals surface area (Å²) in [7, 11) is -3.36. The molecule has 2 heterocycles. The Morgan fingerprint density at radius 3 is 2.92 bits per heavy atom. The van der Waals surface area contributed by atoms with Crippen molar-refractivity contribution < 1.29 is 18.3 Å². The van der Waals surface area contributed by atoms with E-state index in [0.29, 0.717) is 10.4 Å². The molecule has 0 aliphatic carbocycles. The molecule has 2 aromatic rings. The topological polar surface area (TPSA) is 87.6 Å². The lowest BCUT2D eigenvalue weighted by atomic mass is 10.0. The van der Waals surface area contributed by atoms with Crippen molar-refractivity contribution >= 4 is 32.1 Å². The van der Waals surface area contributed by atoms with Crippen molar-refractivity contribution in [3.63, 3.8) is 0 Å². The maximum absolute atomic E-state index is 12.7. The molecule has 1 aromatic heterocycles. The second-order valence-corrected chi connectivity index (χ2v) is 9.19. The Bertz CT molecular complexity index is 876. The van der Waals surface area contributed by atoms with Gasteiger partial charge in [0.15, 0.2) is 15.0 Å². The quantitative estimate of drug-likeness (QED) is 0.800. The number of anilines is 1. The van der Waals surface area contributed by atoms with Crippen LogP contribution < -0.4 is 4.90 Å². The van der Waals surface area contributed by atoms with Crippen molar-refractivity contribution in [3.05, 3.63) is 40.9 Å². The summed E-state index contributed by atoms with van der Waals surface area (Å²) in [6, 6.07) is 6.08. The van der Waals surface area contributed by atoms with E-state index in [0.717, 1.165) is 37.2 Å². The number of benzene rings is 1. The van der Waals surface area contributed by atoms with Crippen molar-refractivity contribution in [3.8, 4) is 0 Å². The summed E-state index contributed by atoms with van der Waals surface area (Å²) in [6.07, 6.45) is 5.67. The van der Waals surface area contributed by atoms with Crippen LogP contribution in [0.15, 0.2) is 35.4 Å². The van der Waals surface area contributed by atoms with E-state index in [-0.39, 0.29) is 23.3 Å². The first-order valence-electron chi connectivity index (χ1n) is 8.08. The van der Waals surface area contributed by atoms with Crippen LogP contribution in [0.2, 0.25) is 0 Å². The Morgan fingerprint density at radius 2 is 2.20 bits per heavy atom. The third-order valence-electron chi connectivity index (χ3n) is 4.33. The predicted octanol–water partition coefficient (Wildman–Crippen LogP) is 2.13. The zero-order chi connectivity index (χ0) is 18.0. The summed E-state index contributed by atoms with van der Waals surface area (Å²) in [5.41, 5.74) is 0.329. The molecular formula is C17H20N2O4S2. The highest BCUT2D eigenvalue weighted by atomic mass is 32.2. The summed E-state index contributed by atoms with van der Waals surface area (Å²) in [5.74, 6) is -0.244. The molecule has 0 bridgehead atoms. The molecule has 0 amide bonds. The van der Waals surface area contributed by atoms with Gasteiger partial charge in [-0.05, 0) is 31.4 Å². The zero-order valence-electron chi connectivity index (χ0n) is 13.9. The number of rotatable bonds is 5. The SMILES string of the molecule is CS(=O)(=O)c1cccc(C(=O)c2cnc(N3CCCC[C@H]3CO)s2)c1. The van der Waals surface area contributed by atoms with Crippen LogP contribution in [0.25, 0.3) is 0 Å². The van der Waals surface area contributed by atoms with Crippen LogP contribution >= 0.6 is 11.3 Å². The number of aliphatic hydroxyl groups is 1. The lowest BCUT2D eigenvalue weighted by Crippen LogP contribution is -2.41. The first kappa shape index (κ1) is 18.0. The molecule has 1 atom stereocenters. The van der Waals surface area contributed by atoms with Gasteiger partial charge < -0.3 is 10.0 Å². The monoisotopic (exact) mass is 380 g/mol. The van der Waals surface area contributed by atoms with Gasteiger partial charge in [0.1, 0.15) is 0 Å². The first-order valence-corrected chi connectivity index (χ1v) is 10.8. The highest BCUT2D eigenvalue weighted by molar-refractivity contribution is 7.90. The maximum Gasteiger partial charge on any atom is 0.204 e. The molecule has 0 saturated carbocycles. The Hall–Kier alpha value is -1.77. The summed E-state index contributed by atoms with van der Waals surface area (Å²) in [4.78, 5) is 19.7. The standard InChI is InChI=1S/C17H20N2O4S2/c1-25(22,23)14-7-4-5-12(9-14)16(21)15-10-18-17(24-15)19-8-3-2-6-13(19)11-20/h4-5,7,9-10,13,20H,2-3,6,8,11H2,1H3/t13-/m0/s1. The van der Waals surface area contributed by atoms with Gasteiger partial charge in [-0.3, -0.25) is 4.79 Å². The fraction of sp³-hybridized carbons (Fsp3) is 0.412. The number of nitrogens with zero attached hydrogens (tertiary/aromatic N) is 2. The maximum atomic E-state index is 12.7. The minimum absolute atomic E-state index is 0.0383. The van der Waals surface area contributed by atoms with E-state index in [9.17, 15) is 18.3 Å². The molecule has 1 N–H and O–H groups in total. The Morgan fingerprint density at radius 1 is 1.40 bits per heavy atom. The number of ketones is 1. The van der Waals surface area contributed by atoms with Crippen LogP contribution in [-0.4, -0.2) is 49.7 Å². The normalized spacial score (nSPS) is 18.3. The van der Waals surface area contributed by atoms with E-state index < -0.39 is 9.84 Å². The molecule has 1 aliphatic rings. The number of thiazole rings is 1. The number of piperidine rings is 1. The molecule has 0 radical (unpaired) electrons. The molecule has 6 nitrogen and oxygen atoms in total. The van der Waals surface area contributed by atoms with Crippen molar-refractivity contribution in [2.24, 2.45) is 0 Å². The molecule has 134 valence electrons. The number of hydrogen-bond donors (Lipinski definition) is 1. The second-order valence-electron chi connectivity index (χ2n) is 6.16. The number of hydrogen-bond acceptors (Lipinski definition) is 7. The molecule has 3 rings (SSSR count). The average Bonchev–Trinajstić information content (AvgIpc) is 3.10. The van der Waals surface area contributed by atoms with E-state index in [1.807, 2.05) is 0 Å². The highest BCUT2D eigenvalue weighted by Crippen LogP contribution is 2.30. The van der Waals surface area contributed by atoms with Gasteiger partial charge in [-0.1, -0.05) is 23.5 Å². The van der Waals surface area contributed by atoms with Crippen LogP contribution in [0.5, 0.6) is 0 Å². The fourth-order valence-electron chi connectivity index (χ4n) is 2.96. The van der Waals surface area contributed by atoms with Crippen LogP contribution in [0.3, 0.4) is 0 Å². The van der Waals surface area contributed by atoms with E-state index in [4.69, 9.17) is 0 Å². The lowest BCUT2D eigenvalue weighted by Gasteiger charge is -2.34. The van der Waals surface area contributed by atoms with E-state index in [1.54, 1.807) is 12.1 Å². The molecule has 8 heteroatoms. The number of aliphatic hydroxyl groups excluding tert-OH is 1. The first-order chi connectivity index (χ1) is 11.9. The van der Waals surface area contributed by atoms with E-state index in [1.165, 1.54) is 29.7 Å². The molecule has 0 unspecified atom stereocenters. The van der Waals surface area contributed by atoms with Gasteiger partial charge in [0.05, 0.1) is 28.6 Å². The van der Waals surface area contributed by atoms with E-state index >= 15 is 0 Å². The molecule has 1 aromatic carbocycles. The predicted molar refractivity (Wildman–Crippen MR) is 97.2 cm³/mol. The third-order valence-corrected chi connectivity index (χ3v) is 6.47. The smallest absolute Gasteiger partial charge is 0.204 e. The summed E-state index contributed by atoms with van der Waals surface area (Å²) >= 11 is 1.28. The summed E-state index contributed by atoms with van der Waals surface area (Å²) < 4.78 is 23.3. The van der Waals surface area contributed by atoms with Gasteiger partial charge in [-0.2, -0.15) is 0 Å². The molecular weight excluding hydrogens is 360 g/mol. The molecule has 25 heavy (non-hydrogen) atoms. The lowest BCUT2D eigenvalue weighted by molar-refractivity contribution is 0.104. The Labute approximate surface area is 151 Å². The van der Waals surface area contributed by atoms with Crippen LogP contribution in [-0.2, 0) is 9.84 Å². The average molecular weight is 380 g/mol. The second kappa shape index (κ2) is 7.23. The van der Waals surface area contributed by atoms with Gasteiger partial charge in [0, 0.05) is 18.4 Å². The summed E-state index contributed by atoms with van der Waals surface area (Å²) in [6.45, 7) is 0.884. The number of aromatic nitrogens is 1. The molecule has 1 aliphatic heterocycles. The van der Waals surface area contributed by atoms with Crippen LogP contribution in [0, 0.1) is 0 Å². The highest BCUT2D eigenvalue weighted by Gasteiger charge is 2.25. The van der Waals surface area contributed by atoms with Crippen molar-refractivity contribution in [1.29, 1.82) is 0 Å². The van der Waals surface area contributed by atoms with Gasteiger partial charge >= 0.3 is 0 Å². The van der Waals surface area contributed by atoms with Crippen LogP contribution in [0.1, 0.15) is 34.5 Å². The largest absolute Gasteiger partial charge is 0.394 e. The minimum Gasteiger partial charge on any atom is -0.394 e. The fourth-order valence-corrected chi connectivity index (χ4v) is 4.60. The number of carbonyl (C=O) groups is 1. The van der Waals surface area contributed by atoms with Gasteiger partial charge in [-0.25, -0.2) is 13.4 Å². The van der Waals surface area contributed by atoms with E-state index in [2.05, 4.69) is 9.88 Å². The molecule has 1 fully saturated rings.